The van der Waals surface area contributed by atoms with E-state index in [2.05, 4.69) is 30.7 Å². The van der Waals surface area contributed by atoms with Gasteiger partial charge >= 0.3 is 17.4 Å². The van der Waals surface area contributed by atoms with Gasteiger partial charge < -0.3 is 18.9 Å². The highest BCUT2D eigenvalue weighted by molar-refractivity contribution is 9.10. The fourth-order valence-corrected chi connectivity index (χ4v) is 4.18. The number of halogens is 4. The second kappa shape index (κ2) is 9.09. The van der Waals surface area contributed by atoms with Crippen LogP contribution < -0.4 is 21.3 Å². The quantitative estimate of drug-likeness (QED) is 0.494. The van der Waals surface area contributed by atoms with E-state index in [-0.39, 0.29) is 11.0 Å². The molecular weight excluding hydrogens is 525 g/mol. The lowest BCUT2D eigenvalue weighted by molar-refractivity contribution is -0.137. The number of ether oxygens (including phenoxy) is 1. The Morgan fingerprint density at radius 2 is 1.88 bits per heavy atom. The maximum atomic E-state index is 13.6. The molecule has 34 heavy (non-hydrogen) atoms. The van der Waals surface area contributed by atoms with Crippen LogP contribution in [0.15, 0.2) is 52.2 Å². The maximum Gasteiger partial charge on any atom is 0.423 e. The molecule has 1 aliphatic rings. The van der Waals surface area contributed by atoms with Crippen molar-refractivity contribution in [1.82, 2.24) is 5.32 Å². The van der Waals surface area contributed by atoms with Crippen molar-refractivity contribution in [2.75, 3.05) is 20.2 Å². The number of carbonyl (C=O) groups is 1. The van der Waals surface area contributed by atoms with Gasteiger partial charge in [-0.05, 0) is 46.1 Å². The van der Waals surface area contributed by atoms with E-state index in [1.165, 1.54) is 0 Å². The van der Waals surface area contributed by atoms with Gasteiger partial charge in [-0.3, -0.25) is 9.79 Å². The van der Waals surface area contributed by atoms with E-state index < -0.39 is 45.6 Å². The molecule has 0 unspecified atom stereocenters. The molecular formula is C22H16BrF3N2O6. The molecule has 1 aromatic heterocycles. The number of hydrogen-bond acceptors (Lipinski definition) is 7. The molecule has 0 saturated carbocycles. The molecule has 178 valence electrons. The lowest BCUT2D eigenvalue weighted by Gasteiger charge is -2.18. The molecule has 8 nitrogen and oxygen atoms in total. The number of rotatable bonds is 5. The molecule has 0 radical (unpaired) electrons. The van der Waals surface area contributed by atoms with Crippen LogP contribution in [0.1, 0.15) is 33.5 Å². The highest BCUT2D eigenvalue weighted by Crippen LogP contribution is 2.38. The first-order valence-corrected chi connectivity index (χ1v) is 10.8. The summed E-state index contributed by atoms with van der Waals surface area (Å²) < 4.78 is 54.9. The van der Waals surface area contributed by atoms with Crippen LogP contribution in [-0.2, 0) is 12.6 Å². The topological polar surface area (TPSA) is 111 Å². The zero-order valence-corrected chi connectivity index (χ0v) is 19.1. The number of fused-ring (bicyclic) bond motifs is 2. The largest absolute Gasteiger partial charge is 0.497 e. The summed E-state index contributed by atoms with van der Waals surface area (Å²) in [6.07, 6.45) is -3.89. The molecule has 1 amide bonds. The van der Waals surface area contributed by atoms with Crippen molar-refractivity contribution < 1.29 is 31.5 Å². The van der Waals surface area contributed by atoms with Gasteiger partial charge in [0.15, 0.2) is 11.2 Å². The Labute approximate surface area is 197 Å². The Hall–Kier alpha value is -3.41. The molecule has 0 atom stereocenters. The van der Waals surface area contributed by atoms with Crippen molar-refractivity contribution in [3.63, 3.8) is 0 Å². The van der Waals surface area contributed by atoms with Crippen molar-refractivity contribution in [1.29, 1.82) is 0 Å². The van der Waals surface area contributed by atoms with E-state index in [0.29, 0.717) is 24.8 Å². The third-order valence-corrected chi connectivity index (χ3v) is 6.03. The van der Waals surface area contributed by atoms with Gasteiger partial charge in [0.25, 0.3) is 5.91 Å². The van der Waals surface area contributed by atoms with Crippen molar-refractivity contribution in [3.05, 3.63) is 71.8 Å². The number of benzene rings is 2. The molecule has 0 fully saturated rings. The van der Waals surface area contributed by atoms with Gasteiger partial charge in [-0.25, -0.2) is 9.59 Å². The summed E-state index contributed by atoms with van der Waals surface area (Å²) in [6, 6.07) is 6.17. The second-order valence-corrected chi connectivity index (χ2v) is 8.12. The Morgan fingerprint density at radius 1 is 1.18 bits per heavy atom. The second-order valence-electron chi connectivity index (χ2n) is 7.33. The average Bonchev–Trinajstić information content (AvgIpc) is 2.79. The van der Waals surface area contributed by atoms with Crippen LogP contribution in [-0.4, -0.2) is 31.8 Å². The van der Waals surface area contributed by atoms with Crippen molar-refractivity contribution in [2.45, 2.75) is 19.0 Å². The number of hydrogen-bond donors (Lipinski definition) is 1. The first kappa shape index (κ1) is 23.7. The molecule has 0 spiro atoms. The lowest BCUT2D eigenvalue weighted by atomic mass is 9.95. The SMILES string of the molecule is COc1ccc2c(c1)C(CCNC(=O)c1cc(C(F)(F)F)c3oc(=O)c(=O)oc3c1Br)=NCC2. The lowest BCUT2D eigenvalue weighted by Crippen LogP contribution is -2.28. The molecule has 4 rings (SSSR count). The molecule has 1 aliphatic heterocycles. The number of methoxy groups -OCH3 is 1. The van der Waals surface area contributed by atoms with Crippen molar-refractivity contribution in [3.8, 4) is 5.75 Å². The smallest absolute Gasteiger partial charge is 0.423 e. The van der Waals surface area contributed by atoms with E-state index in [4.69, 9.17) is 9.15 Å². The minimum atomic E-state index is -4.98. The van der Waals surface area contributed by atoms with Crippen molar-refractivity contribution >= 4 is 38.7 Å². The summed E-state index contributed by atoms with van der Waals surface area (Å²) >= 11 is 2.99. The van der Waals surface area contributed by atoms with E-state index in [0.717, 1.165) is 23.3 Å². The number of amides is 1. The fraction of sp³-hybridized carbons (Fsp3) is 0.273. The number of nitrogens with one attached hydrogen (secondary N) is 1. The van der Waals surface area contributed by atoms with Gasteiger partial charge in [0.2, 0.25) is 0 Å². The molecule has 2 heterocycles. The molecule has 0 saturated heterocycles. The van der Waals surface area contributed by atoms with E-state index in [9.17, 15) is 27.6 Å². The van der Waals surface area contributed by atoms with Gasteiger partial charge in [0, 0.05) is 30.8 Å². The van der Waals surface area contributed by atoms with E-state index in [1.54, 1.807) is 7.11 Å². The first-order chi connectivity index (χ1) is 16.1. The molecule has 12 heteroatoms. The minimum Gasteiger partial charge on any atom is -0.497 e. The highest BCUT2D eigenvalue weighted by Gasteiger charge is 2.37. The monoisotopic (exact) mass is 540 g/mol. The van der Waals surface area contributed by atoms with Crippen LogP contribution >= 0.6 is 15.9 Å². The van der Waals surface area contributed by atoms with Crippen LogP contribution in [0.3, 0.4) is 0 Å². The number of nitrogens with zero attached hydrogens (tertiary/aromatic N) is 1. The standard InChI is InChI=1S/C22H16BrF3N2O6/c1-32-11-3-2-10-4-6-27-15(12(10)8-11)5-7-28-19(29)13-9-14(22(24,25)26)17-18(16(13)23)34-21(31)20(30)33-17/h2-3,8-9H,4-7H2,1H3,(H,28,29). The zero-order chi connectivity index (χ0) is 24.6. The Balaban J connectivity index is 1.60. The summed E-state index contributed by atoms with van der Waals surface area (Å²) in [5.41, 5.74) is -3.91. The molecule has 0 aliphatic carbocycles. The Bertz CT molecular complexity index is 1440. The predicted molar refractivity (Wildman–Crippen MR) is 119 cm³/mol. The van der Waals surface area contributed by atoms with Gasteiger partial charge in [-0.2, -0.15) is 13.2 Å². The Morgan fingerprint density at radius 3 is 2.56 bits per heavy atom. The van der Waals surface area contributed by atoms with Crippen LogP contribution in [0, 0.1) is 0 Å². The van der Waals surface area contributed by atoms with E-state index >= 15 is 0 Å². The summed E-state index contributed by atoms with van der Waals surface area (Å²) in [5, 5.41) is 2.56. The summed E-state index contributed by atoms with van der Waals surface area (Å²) in [5.74, 6) is -0.194. The van der Waals surface area contributed by atoms with Crippen molar-refractivity contribution in [2.24, 2.45) is 4.99 Å². The first-order valence-electron chi connectivity index (χ1n) is 9.96. The average molecular weight is 541 g/mol. The minimum absolute atomic E-state index is 0.0773. The van der Waals surface area contributed by atoms with Gasteiger partial charge in [-0.15, -0.1) is 0 Å². The van der Waals surface area contributed by atoms with Crippen LogP contribution in [0.2, 0.25) is 0 Å². The van der Waals surface area contributed by atoms with E-state index in [1.807, 2.05) is 18.2 Å². The summed E-state index contributed by atoms with van der Waals surface area (Å²) in [6.45, 7) is 0.659. The van der Waals surface area contributed by atoms with Gasteiger partial charge in [0.1, 0.15) is 11.3 Å². The summed E-state index contributed by atoms with van der Waals surface area (Å²) in [4.78, 5) is 40.2. The fourth-order valence-electron chi connectivity index (χ4n) is 3.62. The van der Waals surface area contributed by atoms with Crippen LogP contribution in [0.5, 0.6) is 5.75 Å². The molecule has 2 aromatic carbocycles. The van der Waals surface area contributed by atoms with Crippen LogP contribution in [0.4, 0.5) is 13.2 Å². The zero-order valence-electron chi connectivity index (χ0n) is 17.5. The number of aliphatic imine (C=N–C) groups is 1. The molecule has 3 aromatic rings. The van der Waals surface area contributed by atoms with Gasteiger partial charge in [0.05, 0.1) is 17.1 Å². The van der Waals surface area contributed by atoms with Crippen LogP contribution in [0.25, 0.3) is 11.2 Å². The third kappa shape index (κ3) is 4.49. The maximum absolute atomic E-state index is 13.6. The number of carbonyl (C=O) groups excluding carboxylic acids is 1. The molecule has 0 bridgehead atoms. The number of alkyl halides is 3. The third-order valence-electron chi connectivity index (χ3n) is 5.24. The summed E-state index contributed by atoms with van der Waals surface area (Å²) in [7, 11) is 1.55. The molecule has 1 N–H and O–H groups in total. The normalized spacial score (nSPS) is 13.4. The van der Waals surface area contributed by atoms with Gasteiger partial charge in [-0.1, -0.05) is 6.07 Å². The Kier molecular flexibility index (Phi) is 6.34. The predicted octanol–water partition coefficient (Wildman–Crippen LogP) is 3.70. The highest BCUT2D eigenvalue weighted by atomic mass is 79.9.